The number of amides is 2. The molecule has 174 valence electrons. The quantitative estimate of drug-likeness (QED) is 0.487. The van der Waals surface area contributed by atoms with E-state index in [0.717, 1.165) is 11.0 Å². The Morgan fingerprint density at radius 1 is 1.12 bits per heavy atom. The first-order valence-corrected chi connectivity index (χ1v) is 10.3. The molecule has 0 spiro atoms. The van der Waals surface area contributed by atoms with Gasteiger partial charge in [-0.2, -0.15) is 10.1 Å². The lowest BCUT2D eigenvalue weighted by Gasteiger charge is -2.19. The SMILES string of the molecule is COc1ccc(-c2noc(CN3N=NC4C(=O)N(c5ccc(F)c(Cl)c5)C(=O)C43)n2)c(OC)c1. The van der Waals surface area contributed by atoms with E-state index in [-0.39, 0.29) is 29.0 Å². The molecule has 2 aliphatic heterocycles. The lowest BCUT2D eigenvalue weighted by molar-refractivity contribution is -0.123. The van der Waals surface area contributed by atoms with Gasteiger partial charge in [0.05, 0.1) is 30.5 Å². The van der Waals surface area contributed by atoms with E-state index in [2.05, 4.69) is 20.5 Å². The number of carbonyl (C=O) groups excluding carboxylic acids is 2. The second-order valence-corrected chi connectivity index (χ2v) is 7.79. The smallest absolute Gasteiger partial charge is 0.263 e. The summed E-state index contributed by atoms with van der Waals surface area (Å²) in [4.78, 5) is 31.2. The Kier molecular flexibility index (Phi) is 5.36. The van der Waals surface area contributed by atoms with Gasteiger partial charge >= 0.3 is 0 Å². The van der Waals surface area contributed by atoms with E-state index < -0.39 is 29.7 Å². The maximum Gasteiger partial charge on any atom is 0.263 e. The van der Waals surface area contributed by atoms with Crippen LogP contribution in [0.5, 0.6) is 11.5 Å². The van der Waals surface area contributed by atoms with Crippen molar-refractivity contribution in [2.45, 2.75) is 18.6 Å². The minimum Gasteiger partial charge on any atom is -0.497 e. The van der Waals surface area contributed by atoms with Crippen molar-refractivity contribution in [3.63, 3.8) is 0 Å². The van der Waals surface area contributed by atoms with E-state index in [9.17, 15) is 14.0 Å². The highest BCUT2D eigenvalue weighted by Crippen LogP contribution is 2.35. The molecule has 0 aliphatic carbocycles. The molecule has 0 saturated carbocycles. The van der Waals surface area contributed by atoms with Crippen LogP contribution in [-0.4, -0.2) is 53.3 Å². The lowest BCUT2D eigenvalue weighted by atomic mass is 10.1. The lowest BCUT2D eigenvalue weighted by Crippen LogP contribution is -2.39. The van der Waals surface area contributed by atoms with Gasteiger partial charge in [0.1, 0.15) is 23.9 Å². The number of aromatic nitrogens is 2. The number of carbonyl (C=O) groups is 2. The summed E-state index contributed by atoms with van der Waals surface area (Å²) in [6.45, 7) is -0.0623. The van der Waals surface area contributed by atoms with Crippen LogP contribution in [0.15, 0.2) is 51.3 Å². The summed E-state index contributed by atoms with van der Waals surface area (Å²) in [5, 5.41) is 13.0. The second kappa shape index (κ2) is 8.37. The number of nitrogens with zero attached hydrogens (tertiary/aromatic N) is 6. The Balaban J connectivity index is 1.37. The molecule has 2 aromatic carbocycles. The third-order valence-corrected chi connectivity index (χ3v) is 5.72. The Hall–Kier alpha value is -4.06. The van der Waals surface area contributed by atoms with Gasteiger partial charge in [0.25, 0.3) is 11.8 Å². The Labute approximate surface area is 196 Å². The van der Waals surface area contributed by atoms with Gasteiger partial charge in [-0.25, -0.2) is 9.29 Å². The van der Waals surface area contributed by atoms with Crippen LogP contribution in [0.4, 0.5) is 10.1 Å². The van der Waals surface area contributed by atoms with Crippen molar-refractivity contribution in [1.29, 1.82) is 0 Å². The van der Waals surface area contributed by atoms with E-state index in [0.29, 0.717) is 17.1 Å². The minimum atomic E-state index is -1.04. The molecule has 11 nitrogen and oxygen atoms in total. The van der Waals surface area contributed by atoms with Crippen LogP contribution < -0.4 is 14.4 Å². The van der Waals surface area contributed by atoms with E-state index in [1.165, 1.54) is 24.3 Å². The van der Waals surface area contributed by atoms with Gasteiger partial charge in [0.15, 0.2) is 12.1 Å². The van der Waals surface area contributed by atoms with Crippen molar-refractivity contribution < 1.29 is 28.0 Å². The Morgan fingerprint density at radius 3 is 2.68 bits per heavy atom. The Morgan fingerprint density at radius 2 is 1.94 bits per heavy atom. The molecule has 1 aromatic heterocycles. The van der Waals surface area contributed by atoms with Crippen molar-refractivity contribution in [1.82, 2.24) is 15.1 Å². The standard InChI is InChI=1S/C21H16ClFN6O5/c1-32-11-4-5-12(15(8-11)33-2)19-24-16(34-26-19)9-28-18-17(25-27-28)20(30)29(21(18)31)10-3-6-14(23)13(22)7-10/h3-8,17-18H,9H2,1-2H3. The number of benzene rings is 2. The number of rotatable bonds is 6. The summed E-state index contributed by atoms with van der Waals surface area (Å²) >= 11 is 5.82. The van der Waals surface area contributed by atoms with Crippen molar-refractivity contribution in [2.75, 3.05) is 19.1 Å². The van der Waals surface area contributed by atoms with Gasteiger partial charge < -0.3 is 14.0 Å². The largest absolute Gasteiger partial charge is 0.497 e. The monoisotopic (exact) mass is 486 g/mol. The number of anilines is 1. The molecule has 0 bridgehead atoms. The van der Waals surface area contributed by atoms with E-state index in [1.807, 2.05) is 0 Å². The van der Waals surface area contributed by atoms with E-state index in [1.54, 1.807) is 25.3 Å². The molecule has 0 radical (unpaired) electrons. The highest BCUT2D eigenvalue weighted by Gasteiger charge is 2.55. The average Bonchev–Trinajstić information content (AvgIpc) is 3.53. The zero-order chi connectivity index (χ0) is 24.0. The average molecular weight is 487 g/mol. The third-order valence-electron chi connectivity index (χ3n) is 5.43. The summed E-state index contributed by atoms with van der Waals surface area (Å²) in [6, 6.07) is 6.69. The topological polar surface area (TPSA) is 123 Å². The summed E-state index contributed by atoms with van der Waals surface area (Å²) in [5.74, 6) is -0.319. The highest BCUT2D eigenvalue weighted by atomic mass is 35.5. The molecule has 5 rings (SSSR count). The number of hydrogen-bond donors (Lipinski definition) is 0. The van der Waals surface area contributed by atoms with Crippen molar-refractivity contribution >= 4 is 29.1 Å². The number of methoxy groups -OCH3 is 2. The van der Waals surface area contributed by atoms with Gasteiger partial charge in [0.2, 0.25) is 11.7 Å². The predicted octanol–water partition coefficient (Wildman–Crippen LogP) is 3.04. The normalized spacial score (nSPS) is 19.2. The van der Waals surface area contributed by atoms with E-state index in [4.69, 9.17) is 25.6 Å². The molecule has 0 N–H and O–H groups in total. The molecule has 34 heavy (non-hydrogen) atoms. The van der Waals surface area contributed by atoms with Gasteiger partial charge in [-0.3, -0.25) is 14.6 Å². The van der Waals surface area contributed by atoms with E-state index >= 15 is 0 Å². The van der Waals surface area contributed by atoms with Crippen LogP contribution in [-0.2, 0) is 16.1 Å². The first-order valence-electron chi connectivity index (χ1n) is 9.96. The number of halogens is 2. The molecule has 2 atom stereocenters. The summed E-state index contributed by atoms with van der Waals surface area (Å²) in [7, 11) is 3.05. The molecular weight excluding hydrogens is 471 g/mol. The minimum absolute atomic E-state index is 0.0623. The molecule has 3 heterocycles. The zero-order valence-corrected chi connectivity index (χ0v) is 18.6. The molecule has 1 saturated heterocycles. The van der Waals surface area contributed by atoms with Gasteiger partial charge in [0, 0.05) is 6.07 Å². The number of hydrogen-bond acceptors (Lipinski definition) is 10. The second-order valence-electron chi connectivity index (χ2n) is 7.38. The molecule has 2 amide bonds. The number of ether oxygens (including phenoxy) is 2. The number of fused-ring (bicyclic) bond motifs is 1. The molecule has 2 unspecified atom stereocenters. The summed E-state index contributed by atoms with van der Waals surface area (Å²) in [5.41, 5.74) is 0.725. The zero-order valence-electron chi connectivity index (χ0n) is 17.8. The fourth-order valence-corrected chi connectivity index (χ4v) is 3.96. The summed E-state index contributed by atoms with van der Waals surface area (Å²) in [6.07, 6.45) is 0. The van der Waals surface area contributed by atoms with Gasteiger partial charge in [-0.15, -0.1) is 0 Å². The highest BCUT2D eigenvalue weighted by molar-refractivity contribution is 6.32. The van der Waals surface area contributed by atoms with Crippen LogP contribution in [0.1, 0.15) is 5.89 Å². The van der Waals surface area contributed by atoms with Gasteiger partial charge in [-0.1, -0.05) is 22.0 Å². The van der Waals surface area contributed by atoms with Crippen LogP contribution >= 0.6 is 11.6 Å². The first-order chi connectivity index (χ1) is 16.4. The maximum absolute atomic E-state index is 13.5. The van der Waals surface area contributed by atoms with Crippen molar-refractivity contribution in [3.05, 3.63) is 53.1 Å². The van der Waals surface area contributed by atoms with Crippen LogP contribution in [0.3, 0.4) is 0 Å². The van der Waals surface area contributed by atoms with Gasteiger partial charge in [-0.05, 0) is 30.3 Å². The first kappa shape index (κ1) is 21.8. The van der Waals surface area contributed by atoms with Crippen molar-refractivity contribution in [3.8, 4) is 22.9 Å². The molecule has 13 heteroatoms. The summed E-state index contributed by atoms with van der Waals surface area (Å²) < 4.78 is 29.4. The van der Waals surface area contributed by atoms with Crippen LogP contribution in [0, 0.1) is 5.82 Å². The molecule has 3 aromatic rings. The molecule has 2 aliphatic rings. The fourth-order valence-electron chi connectivity index (χ4n) is 3.78. The third kappa shape index (κ3) is 3.52. The molecule has 1 fully saturated rings. The van der Waals surface area contributed by atoms with Crippen LogP contribution in [0.25, 0.3) is 11.4 Å². The molecular formula is C21H16ClFN6O5. The number of imide groups is 1. The Bertz CT molecular complexity index is 1330. The fraction of sp³-hybridized carbons (Fsp3) is 0.238. The van der Waals surface area contributed by atoms with Crippen molar-refractivity contribution in [2.24, 2.45) is 10.3 Å². The predicted molar refractivity (Wildman–Crippen MR) is 115 cm³/mol. The maximum atomic E-state index is 13.5. The van der Waals surface area contributed by atoms with Crippen LogP contribution in [0.2, 0.25) is 5.02 Å².